The van der Waals surface area contributed by atoms with E-state index in [1.54, 1.807) is 12.1 Å². The molecule has 5 nitrogen and oxygen atoms in total. The van der Waals surface area contributed by atoms with Crippen LogP contribution in [0.2, 0.25) is 0 Å². The summed E-state index contributed by atoms with van der Waals surface area (Å²) in [5, 5.41) is 3.37. The molecule has 0 amide bonds. The zero-order valence-electron chi connectivity index (χ0n) is 11.4. The van der Waals surface area contributed by atoms with Crippen LogP contribution in [0.1, 0.15) is 32.1 Å². The van der Waals surface area contributed by atoms with Crippen molar-refractivity contribution in [3.63, 3.8) is 0 Å². The van der Waals surface area contributed by atoms with E-state index in [0.717, 1.165) is 32.1 Å². The van der Waals surface area contributed by atoms with Crippen molar-refractivity contribution in [2.75, 3.05) is 11.9 Å². The highest BCUT2D eigenvalue weighted by Gasteiger charge is 2.37. The maximum Gasteiger partial charge on any atom is 0.242 e. The molecule has 0 unspecified atom stereocenters. The molecule has 0 radical (unpaired) electrons. The summed E-state index contributed by atoms with van der Waals surface area (Å²) < 4.78 is 27.5. The van der Waals surface area contributed by atoms with Gasteiger partial charge in [-0.25, -0.2) is 13.1 Å². The van der Waals surface area contributed by atoms with E-state index in [2.05, 4.69) is 10.0 Å². The summed E-state index contributed by atoms with van der Waals surface area (Å²) in [6.07, 6.45) is 4.99. The summed E-state index contributed by atoms with van der Waals surface area (Å²) in [4.78, 5) is 0.326. The van der Waals surface area contributed by atoms with E-state index in [1.807, 2.05) is 12.1 Å². The van der Waals surface area contributed by atoms with Crippen molar-refractivity contribution in [1.29, 1.82) is 0 Å². The molecule has 0 aromatic heterocycles. The molecule has 1 aromatic rings. The fourth-order valence-electron chi connectivity index (χ4n) is 2.56. The van der Waals surface area contributed by atoms with Gasteiger partial charge in [-0.1, -0.05) is 12.1 Å². The zero-order chi connectivity index (χ0) is 14.2. The summed E-state index contributed by atoms with van der Waals surface area (Å²) in [6, 6.07) is 7.18. The molecule has 4 N–H and O–H groups in total. The molecule has 2 aliphatic carbocycles. The van der Waals surface area contributed by atoms with Crippen LogP contribution in [0.3, 0.4) is 0 Å². The monoisotopic (exact) mass is 295 g/mol. The number of rotatable bonds is 6. The minimum atomic E-state index is -3.45. The van der Waals surface area contributed by atoms with Crippen LogP contribution >= 0.6 is 0 Å². The van der Waals surface area contributed by atoms with E-state index in [4.69, 9.17) is 5.73 Å². The fourth-order valence-corrected chi connectivity index (χ4v) is 4.03. The van der Waals surface area contributed by atoms with Crippen LogP contribution in [0.25, 0.3) is 0 Å². The predicted octanol–water partition coefficient (Wildman–Crippen LogP) is 1.42. The third-order valence-electron chi connectivity index (χ3n) is 4.18. The van der Waals surface area contributed by atoms with E-state index in [9.17, 15) is 8.42 Å². The number of anilines is 1. The molecule has 0 atom stereocenters. The number of nitrogens with two attached hydrogens (primary N) is 1. The SMILES string of the molecule is NCC1(Nc2ccccc2S(=O)(=O)NC2CC2)CCC1. The van der Waals surface area contributed by atoms with Crippen LogP contribution in [0.5, 0.6) is 0 Å². The van der Waals surface area contributed by atoms with E-state index in [-0.39, 0.29) is 11.6 Å². The van der Waals surface area contributed by atoms with Gasteiger partial charge in [-0.3, -0.25) is 0 Å². The molecule has 0 aliphatic heterocycles. The Hall–Kier alpha value is -1.11. The summed E-state index contributed by atoms with van der Waals surface area (Å²) in [5.41, 5.74) is 6.36. The van der Waals surface area contributed by atoms with E-state index in [0.29, 0.717) is 17.1 Å². The van der Waals surface area contributed by atoms with E-state index >= 15 is 0 Å². The van der Waals surface area contributed by atoms with E-state index < -0.39 is 10.0 Å². The number of para-hydroxylation sites is 1. The average molecular weight is 295 g/mol. The van der Waals surface area contributed by atoms with Gasteiger partial charge in [0.05, 0.1) is 5.69 Å². The molecular weight excluding hydrogens is 274 g/mol. The molecule has 2 saturated carbocycles. The van der Waals surface area contributed by atoms with E-state index in [1.165, 1.54) is 0 Å². The minimum Gasteiger partial charge on any atom is -0.377 e. The van der Waals surface area contributed by atoms with Crippen molar-refractivity contribution in [3.05, 3.63) is 24.3 Å². The highest BCUT2D eigenvalue weighted by atomic mass is 32.2. The minimum absolute atomic E-state index is 0.111. The third-order valence-corrected chi connectivity index (χ3v) is 5.76. The first-order valence-corrected chi connectivity index (χ1v) is 8.63. The molecule has 3 rings (SSSR count). The predicted molar refractivity (Wildman–Crippen MR) is 79.0 cm³/mol. The molecule has 6 heteroatoms. The van der Waals surface area contributed by atoms with Gasteiger partial charge in [0.2, 0.25) is 10.0 Å². The lowest BCUT2D eigenvalue weighted by Crippen LogP contribution is -2.51. The first-order chi connectivity index (χ1) is 9.55. The van der Waals surface area contributed by atoms with Crippen LogP contribution < -0.4 is 15.8 Å². The van der Waals surface area contributed by atoms with Crippen molar-refractivity contribution in [2.24, 2.45) is 5.73 Å². The largest absolute Gasteiger partial charge is 0.377 e. The number of sulfonamides is 1. The van der Waals surface area contributed by atoms with Gasteiger partial charge >= 0.3 is 0 Å². The molecule has 0 saturated heterocycles. The first kappa shape index (κ1) is 13.9. The average Bonchev–Trinajstić information content (AvgIpc) is 3.17. The smallest absolute Gasteiger partial charge is 0.242 e. The molecule has 0 bridgehead atoms. The number of nitrogens with one attached hydrogen (secondary N) is 2. The van der Waals surface area contributed by atoms with Gasteiger partial charge in [-0.05, 0) is 44.2 Å². The molecular formula is C14H21N3O2S. The lowest BCUT2D eigenvalue weighted by molar-refractivity contribution is 0.287. The standard InChI is InChI=1S/C14H21N3O2S/c15-10-14(8-3-9-14)16-12-4-1-2-5-13(12)20(18,19)17-11-6-7-11/h1-2,4-5,11,16-17H,3,6-10,15H2. The molecule has 0 spiro atoms. The van der Waals surface area contributed by atoms with Crippen molar-refractivity contribution in [2.45, 2.75) is 48.6 Å². The number of hydrogen-bond donors (Lipinski definition) is 3. The molecule has 2 fully saturated rings. The van der Waals surface area contributed by atoms with Gasteiger partial charge in [0.1, 0.15) is 4.90 Å². The Labute approximate surface area is 120 Å². The number of benzene rings is 1. The van der Waals surface area contributed by atoms with Crippen LogP contribution in [0.4, 0.5) is 5.69 Å². The number of hydrogen-bond acceptors (Lipinski definition) is 4. The molecule has 20 heavy (non-hydrogen) atoms. The fraction of sp³-hybridized carbons (Fsp3) is 0.571. The quantitative estimate of drug-likeness (QED) is 0.741. The lowest BCUT2D eigenvalue weighted by Gasteiger charge is -2.42. The van der Waals surface area contributed by atoms with Gasteiger partial charge in [0, 0.05) is 18.1 Å². The summed E-state index contributed by atoms with van der Waals surface area (Å²) >= 11 is 0. The Kier molecular flexibility index (Phi) is 3.48. The lowest BCUT2D eigenvalue weighted by atomic mass is 9.76. The van der Waals surface area contributed by atoms with Gasteiger partial charge in [-0.2, -0.15) is 0 Å². The van der Waals surface area contributed by atoms with Crippen LogP contribution in [0.15, 0.2) is 29.2 Å². The van der Waals surface area contributed by atoms with Crippen molar-refractivity contribution in [1.82, 2.24) is 4.72 Å². The Morgan fingerprint density at radius 2 is 1.95 bits per heavy atom. The van der Waals surface area contributed by atoms with Crippen molar-refractivity contribution >= 4 is 15.7 Å². The zero-order valence-corrected chi connectivity index (χ0v) is 12.2. The molecule has 110 valence electrons. The van der Waals surface area contributed by atoms with Gasteiger partial charge in [-0.15, -0.1) is 0 Å². The molecule has 0 heterocycles. The Morgan fingerprint density at radius 3 is 2.50 bits per heavy atom. The van der Waals surface area contributed by atoms with Crippen LogP contribution in [0, 0.1) is 0 Å². The van der Waals surface area contributed by atoms with Crippen molar-refractivity contribution < 1.29 is 8.42 Å². The van der Waals surface area contributed by atoms with Gasteiger partial charge in [0.15, 0.2) is 0 Å². The van der Waals surface area contributed by atoms with Crippen molar-refractivity contribution in [3.8, 4) is 0 Å². The summed E-state index contributed by atoms with van der Waals surface area (Å²) in [6.45, 7) is 0.525. The Balaban J connectivity index is 1.87. The van der Waals surface area contributed by atoms with Crippen LogP contribution in [-0.2, 0) is 10.0 Å². The molecule has 1 aromatic carbocycles. The highest BCUT2D eigenvalue weighted by Crippen LogP contribution is 2.36. The van der Waals surface area contributed by atoms with Gasteiger partial charge in [0.25, 0.3) is 0 Å². The maximum atomic E-state index is 12.4. The second-order valence-electron chi connectivity index (χ2n) is 5.85. The highest BCUT2D eigenvalue weighted by molar-refractivity contribution is 7.89. The topological polar surface area (TPSA) is 84.2 Å². The summed E-state index contributed by atoms with van der Waals surface area (Å²) in [5.74, 6) is 0. The third kappa shape index (κ3) is 2.68. The van der Waals surface area contributed by atoms with Gasteiger partial charge < -0.3 is 11.1 Å². The normalized spacial score (nSPS) is 21.2. The maximum absolute atomic E-state index is 12.4. The second kappa shape index (κ2) is 5.02. The van der Waals surface area contributed by atoms with Crippen LogP contribution in [-0.4, -0.2) is 26.5 Å². The second-order valence-corrected chi connectivity index (χ2v) is 7.54. The Bertz CT molecular complexity index is 587. The summed E-state index contributed by atoms with van der Waals surface area (Å²) in [7, 11) is -3.45. The Morgan fingerprint density at radius 1 is 1.25 bits per heavy atom. The first-order valence-electron chi connectivity index (χ1n) is 7.14. The molecule has 2 aliphatic rings.